The van der Waals surface area contributed by atoms with Gasteiger partial charge in [-0.25, -0.2) is 9.59 Å². The van der Waals surface area contributed by atoms with Crippen molar-refractivity contribution in [2.75, 3.05) is 26.3 Å². The van der Waals surface area contributed by atoms with E-state index in [9.17, 15) is 24.6 Å². The van der Waals surface area contributed by atoms with Crippen LogP contribution < -0.4 is 5.32 Å². The van der Waals surface area contributed by atoms with Gasteiger partial charge in [0.15, 0.2) is 0 Å². The van der Waals surface area contributed by atoms with Crippen molar-refractivity contribution in [3.8, 4) is 11.5 Å². The molecule has 0 atom stereocenters. The second kappa shape index (κ2) is 14.2. The van der Waals surface area contributed by atoms with Crippen LogP contribution in [0.1, 0.15) is 54.3 Å². The molecule has 3 rings (SSSR count). The van der Waals surface area contributed by atoms with E-state index in [0.717, 1.165) is 33.1 Å². The van der Waals surface area contributed by atoms with Crippen molar-refractivity contribution in [1.29, 1.82) is 0 Å². The van der Waals surface area contributed by atoms with Gasteiger partial charge in [0.1, 0.15) is 46.9 Å². The summed E-state index contributed by atoms with van der Waals surface area (Å²) >= 11 is 7.88. The van der Waals surface area contributed by atoms with Gasteiger partial charge in [0.05, 0.1) is 20.2 Å². The number of ether oxygens (including phenoxy) is 3. The molecule has 0 aromatic heterocycles. The zero-order chi connectivity index (χ0) is 29.8. The van der Waals surface area contributed by atoms with Crippen molar-refractivity contribution < 1.29 is 44.1 Å². The van der Waals surface area contributed by atoms with Crippen LogP contribution in [0.3, 0.4) is 0 Å². The normalized spacial score (nSPS) is 14.5. The molecule has 0 aliphatic carbocycles. The summed E-state index contributed by atoms with van der Waals surface area (Å²) in [6.45, 7) is 6.15. The number of piperidine rings is 1. The Kier molecular flexibility index (Phi) is 12.0. The fourth-order valence-electron chi connectivity index (χ4n) is 4.28. The van der Waals surface area contributed by atoms with Crippen molar-refractivity contribution in [2.45, 2.75) is 39.2 Å². The van der Waals surface area contributed by atoms with E-state index < -0.39 is 42.1 Å². The zero-order valence-electron chi connectivity index (χ0n) is 22.1. The summed E-state index contributed by atoms with van der Waals surface area (Å²) in [5.74, 6) is -2.64. The molecular weight excluding hydrogens is 974 g/mol. The third-order valence-electron chi connectivity index (χ3n) is 6.81. The predicted molar refractivity (Wildman–Crippen MR) is 180 cm³/mol. The summed E-state index contributed by atoms with van der Waals surface area (Å²) < 4.78 is 19.4. The zero-order valence-corrected chi connectivity index (χ0v) is 30.7. The molecule has 1 aliphatic rings. The summed E-state index contributed by atoms with van der Waals surface area (Å²) in [6.07, 6.45) is 1.77. The first-order valence-corrected chi connectivity index (χ1v) is 16.7. The molecular formula is C27H30I4NO8+. The molecule has 13 heteroatoms. The first-order chi connectivity index (χ1) is 18.6. The SMILES string of the molecule is CC(COC(=O)c1cc(I)cc(I)c1O)(COC(=O)c1cc(I)cc(I)c1O)C(=O)OC(C)(C)C1CC[NH2+]CC1. The number of phenols is 2. The maximum Gasteiger partial charge on any atom is 0.342 e. The van der Waals surface area contributed by atoms with E-state index in [1.807, 2.05) is 104 Å². The molecule has 0 amide bonds. The van der Waals surface area contributed by atoms with Gasteiger partial charge in [-0.15, -0.1) is 0 Å². The third kappa shape index (κ3) is 8.46. The van der Waals surface area contributed by atoms with Crippen LogP contribution in [-0.2, 0) is 19.0 Å². The van der Waals surface area contributed by atoms with Crippen molar-refractivity contribution in [3.05, 3.63) is 49.7 Å². The molecule has 0 unspecified atom stereocenters. The highest BCUT2D eigenvalue weighted by Gasteiger charge is 2.44. The third-order valence-corrected chi connectivity index (χ3v) is 9.70. The first-order valence-electron chi connectivity index (χ1n) is 12.4. The fourth-order valence-corrected chi connectivity index (χ4v) is 7.96. The molecule has 0 saturated carbocycles. The molecule has 1 saturated heterocycles. The van der Waals surface area contributed by atoms with Crippen molar-refractivity contribution in [2.24, 2.45) is 11.3 Å². The van der Waals surface area contributed by atoms with Crippen LogP contribution in [0.5, 0.6) is 11.5 Å². The minimum absolute atomic E-state index is 0.0406. The Bertz CT molecular complexity index is 1220. The second-order valence-corrected chi connectivity index (χ2v) is 15.2. The topological polar surface area (TPSA) is 136 Å². The Morgan fingerprint density at radius 3 is 1.68 bits per heavy atom. The van der Waals surface area contributed by atoms with Gasteiger partial charge < -0.3 is 29.7 Å². The Balaban J connectivity index is 1.84. The first kappa shape index (κ1) is 33.8. The number of benzene rings is 2. The second-order valence-electron chi connectivity index (χ2n) is 10.4. The van der Waals surface area contributed by atoms with Gasteiger partial charge in [-0.05, 0) is 135 Å². The van der Waals surface area contributed by atoms with E-state index in [0.29, 0.717) is 7.14 Å². The van der Waals surface area contributed by atoms with Gasteiger partial charge in [0, 0.05) is 25.9 Å². The average Bonchev–Trinajstić information content (AvgIpc) is 2.90. The summed E-state index contributed by atoms with van der Waals surface area (Å²) in [5, 5.41) is 23.0. The van der Waals surface area contributed by atoms with Crippen LogP contribution in [0.4, 0.5) is 0 Å². The number of halogens is 4. The molecule has 1 aliphatic heterocycles. The molecule has 9 nitrogen and oxygen atoms in total. The summed E-state index contributed by atoms with van der Waals surface area (Å²) in [4.78, 5) is 39.6. The molecule has 1 fully saturated rings. The van der Waals surface area contributed by atoms with Gasteiger partial charge in [-0.3, -0.25) is 4.79 Å². The monoisotopic (exact) mass is 1000 g/mol. The Morgan fingerprint density at radius 2 is 1.25 bits per heavy atom. The van der Waals surface area contributed by atoms with Gasteiger partial charge in [0.25, 0.3) is 0 Å². The maximum absolute atomic E-state index is 13.7. The minimum atomic E-state index is -1.57. The largest absolute Gasteiger partial charge is 0.506 e. The number of rotatable bonds is 9. The lowest BCUT2D eigenvalue weighted by molar-refractivity contribution is -0.665. The molecule has 40 heavy (non-hydrogen) atoms. The quantitative estimate of drug-likeness (QED) is 0.185. The van der Waals surface area contributed by atoms with Gasteiger partial charge >= 0.3 is 17.9 Å². The molecule has 0 bridgehead atoms. The van der Waals surface area contributed by atoms with Crippen molar-refractivity contribution >= 4 is 108 Å². The Labute approximate surface area is 287 Å². The van der Waals surface area contributed by atoms with E-state index in [4.69, 9.17) is 14.2 Å². The standard InChI is InChI=1S/C27H29I4NO8/c1-26(2,14-4-6-32-7-5-14)40-25(37)27(3,12-38-23(35)17-8-15(28)10-19(30)21(17)33)13-39-24(36)18-9-16(29)11-20(31)22(18)34/h8-11,14,32-34H,4-7,12-13H2,1-3H3/p+1. The van der Waals surface area contributed by atoms with Crippen molar-refractivity contribution in [1.82, 2.24) is 0 Å². The molecule has 2 aromatic rings. The van der Waals surface area contributed by atoms with Gasteiger partial charge in [0.2, 0.25) is 0 Å². The number of hydrogen-bond donors (Lipinski definition) is 3. The average molecular weight is 1000 g/mol. The van der Waals surface area contributed by atoms with E-state index in [-0.39, 0.29) is 28.5 Å². The fraction of sp³-hybridized carbons (Fsp3) is 0.444. The van der Waals surface area contributed by atoms with Crippen molar-refractivity contribution in [3.63, 3.8) is 0 Å². The van der Waals surface area contributed by atoms with E-state index in [1.54, 1.807) is 12.1 Å². The molecule has 218 valence electrons. The number of aromatic hydroxyl groups is 2. The highest BCUT2D eigenvalue weighted by molar-refractivity contribution is 14.1. The lowest BCUT2D eigenvalue weighted by Crippen LogP contribution is -2.86. The number of esters is 3. The molecule has 2 aromatic carbocycles. The van der Waals surface area contributed by atoms with Crippen LogP contribution in [0.25, 0.3) is 0 Å². The lowest BCUT2D eigenvalue weighted by atomic mass is 9.83. The Morgan fingerprint density at radius 1 is 0.825 bits per heavy atom. The van der Waals surface area contributed by atoms with Crippen LogP contribution >= 0.6 is 90.4 Å². The smallest absolute Gasteiger partial charge is 0.342 e. The highest BCUT2D eigenvalue weighted by Crippen LogP contribution is 2.34. The number of phenolic OH excluding ortho intramolecular Hbond substituents is 2. The molecule has 1 heterocycles. The van der Waals surface area contributed by atoms with Crippen LogP contribution in [0.15, 0.2) is 24.3 Å². The number of quaternary nitrogens is 1. The summed E-state index contributed by atoms with van der Waals surface area (Å²) in [7, 11) is 0. The van der Waals surface area contributed by atoms with Crippen LogP contribution in [-0.4, -0.2) is 60.0 Å². The van der Waals surface area contributed by atoms with E-state index in [2.05, 4.69) is 5.32 Å². The van der Waals surface area contributed by atoms with E-state index >= 15 is 0 Å². The highest BCUT2D eigenvalue weighted by atomic mass is 127. The van der Waals surface area contributed by atoms with Gasteiger partial charge in [-0.2, -0.15) is 0 Å². The number of carbonyl (C=O) groups excluding carboxylic acids is 3. The minimum Gasteiger partial charge on any atom is -0.506 e. The van der Waals surface area contributed by atoms with Gasteiger partial charge in [-0.1, -0.05) is 0 Å². The summed E-state index contributed by atoms with van der Waals surface area (Å²) in [6, 6.07) is 6.39. The van der Waals surface area contributed by atoms with E-state index in [1.165, 1.54) is 19.1 Å². The predicted octanol–water partition coefficient (Wildman–Crippen LogP) is 4.83. The number of hydrogen-bond acceptors (Lipinski definition) is 8. The Hall–Kier alpha value is -0.670. The summed E-state index contributed by atoms with van der Waals surface area (Å²) in [5.41, 5.74) is -2.45. The van der Waals surface area contributed by atoms with Crippen LogP contribution in [0, 0.1) is 25.6 Å². The number of nitrogens with two attached hydrogens (primary N) is 1. The van der Waals surface area contributed by atoms with Crippen LogP contribution in [0.2, 0.25) is 0 Å². The maximum atomic E-state index is 13.7. The number of carbonyl (C=O) groups is 3. The molecule has 0 radical (unpaired) electrons. The lowest BCUT2D eigenvalue weighted by Gasteiger charge is -2.38. The molecule has 0 spiro atoms. The molecule has 4 N–H and O–H groups in total.